The molecule has 42 heavy (non-hydrogen) atoms. The quantitative estimate of drug-likeness (QED) is 0.149. The Bertz CT molecular complexity index is 1460. The molecule has 0 unspecified atom stereocenters. The predicted molar refractivity (Wildman–Crippen MR) is 162 cm³/mol. The van der Waals surface area contributed by atoms with Crippen molar-refractivity contribution in [2.24, 2.45) is 5.73 Å². The summed E-state index contributed by atoms with van der Waals surface area (Å²) < 4.78 is 6.07. The van der Waals surface area contributed by atoms with Crippen molar-refractivity contribution in [3.63, 3.8) is 0 Å². The highest BCUT2D eigenvalue weighted by Gasteiger charge is 2.18. The number of urea groups is 1. The Morgan fingerprint density at radius 2 is 1.67 bits per heavy atom. The molecule has 2 heterocycles. The van der Waals surface area contributed by atoms with Crippen molar-refractivity contribution in [1.82, 2.24) is 9.88 Å². The third kappa shape index (κ3) is 9.67. The number of carboxylic acid groups (broad SMARTS) is 2. The summed E-state index contributed by atoms with van der Waals surface area (Å²) in [5.41, 5.74) is 10.9. The largest absolute Gasteiger partial charge is 0.478 e. The third-order valence-corrected chi connectivity index (χ3v) is 6.68. The lowest BCUT2D eigenvalue weighted by atomic mass is 10.1. The van der Waals surface area contributed by atoms with Gasteiger partial charge in [0.1, 0.15) is 11.3 Å². The fourth-order valence-electron chi connectivity index (χ4n) is 4.58. The fourth-order valence-corrected chi connectivity index (χ4v) is 4.58. The van der Waals surface area contributed by atoms with E-state index in [9.17, 15) is 14.4 Å². The first kappa shape index (κ1) is 31.7. The number of aliphatic carboxylic acids is 2. The topological polar surface area (TPSA) is 153 Å². The number of aromatic amines is 1. The Hall–Kier alpha value is -4.83. The molecule has 0 saturated carbocycles. The number of carboxylic acids is 2. The second-order valence-corrected chi connectivity index (χ2v) is 9.84. The molecule has 0 atom stereocenters. The van der Waals surface area contributed by atoms with E-state index in [-0.39, 0.29) is 0 Å². The van der Waals surface area contributed by atoms with Crippen molar-refractivity contribution in [2.75, 3.05) is 18.0 Å². The van der Waals surface area contributed by atoms with Gasteiger partial charge in [-0.05, 0) is 61.7 Å². The van der Waals surface area contributed by atoms with Gasteiger partial charge in [-0.2, -0.15) is 0 Å². The molecular weight excluding hydrogens is 536 g/mol. The van der Waals surface area contributed by atoms with Crippen molar-refractivity contribution in [2.45, 2.75) is 46.2 Å². The van der Waals surface area contributed by atoms with E-state index in [1.807, 2.05) is 61.7 Å². The van der Waals surface area contributed by atoms with Gasteiger partial charge in [-0.3, -0.25) is 9.80 Å². The lowest BCUT2D eigenvalue weighted by Crippen LogP contribution is -2.35. The number of anilines is 1. The van der Waals surface area contributed by atoms with Gasteiger partial charge in [0.15, 0.2) is 0 Å². The Morgan fingerprint density at radius 1 is 0.952 bits per heavy atom. The van der Waals surface area contributed by atoms with Crippen LogP contribution in [0.2, 0.25) is 0 Å². The maximum atomic E-state index is 12.3. The lowest BCUT2D eigenvalue weighted by molar-refractivity contribution is -0.134. The maximum absolute atomic E-state index is 12.3. The molecule has 222 valence electrons. The van der Waals surface area contributed by atoms with Crippen molar-refractivity contribution in [3.05, 3.63) is 102 Å². The van der Waals surface area contributed by atoms with E-state index >= 15 is 0 Å². The number of nitrogens with one attached hydrogen (secondary N) is 1. The van der Waals surface area contributed by atoms with Crippen LogP contribution in [0.25, 0.3) is 11.0 Å². The molecule has 0 aliphatic heterocycles. The van der Waals surface area contributed by atoms with Crippen LogP contribution in [-0.2, 0) is 29.1 Å². The number of aromatic nitrogens is 1. The molecule has 0 bridgehead atoms. The Kier molecular flexibility index (Phi) is 11.9. The zero-order valence-electron chi connectivity index (χ0n) is 24.0. The van der Waals surface area contributed by atoms with Crippen molar-refractivity contribution >= 4 is 34.6 Å². The molecule has 5 N–H and O–H groups in total. The van der Waals surface area contributed by atoms with E-state index in [1.165, 1.54) is 24.0 Å². The molecule has 10 nitrogen and oxygen atoms in total. The number of H-pyrrole nitrogens is 1. The number of nitrogens with two attached hydrogens (primary N) is 1. The highest BCUT2D eigenvalue weighted by atomic mass is 16.4. The summed E-state index contributed by atoms with van der Waals surface area (Å²) in [4.78, 5) is 38.7. The molecule has 0 radical (unpaired) electrons. The number of carbonyl (C=O) groups is 3. The zero-order chi connectivity index (χ0) is 30.5. The second-order valence-electron chi connectivity index (χ2n) is 9.84. The molecule has 0 aliphatic carbocycles. The predicted octanol–water partition coefficient (Wildman–Crippen LogP) is 5.71. The van der Waals surface area contributed by atoms with Crippen LogP contribution in [0, 0.1) is 6.92 Å². The van der Waals surface area contributed by atoms with Gasteiger partial charge in [-0.25, -0.2) is 14.4 Å². The molecular formula is C32H38N4O6. The Labute approximate surface area is 245 Å². The monoisotopic (exact) mass is 574 g/mol. The van der Waals surface area contributed by atoms with Crippen molar-refractivity contribution < 1.29 is 29.0 Å². The number of fused-ring (bicyclic) bond motifs is 1. The van der Waals surface area contributed by atoms with Crippen LogP contribution in [-0.4, -0.2) is 51.2 Å². The van der Waals surface area contributed by atoms with Crippen LogP contribution in [0.4, 0.5) is 10.5 Å². The number of unbranched alkanes of at least 4 members (excludes halogenated alkanes) is 1. The number of benzene rings is 2. The van der Waals surface area contributed by atoms with E-state index in [0.29, 0.717) is 18.7 Å². The highest BCUT2D eigenvalue weighted by Crippen LogP contribution is 2.31. The highest BCUT2D eigenvalue weighted by molar-refractivity contribution is 5.94. The Morgan fingerprint density at radius 3 is 2.26 bits per heavy atom. The Balaban J connectivity index is 0.000000531. The molecule has 0 fully saturated rings. The number of hydrogen-bond acceptors (Lipinski definition) is 5. The molecule has 10 heteroatoms. The van der Waals surface area contributed by atoms with E-state index < -0.39 is 18.0 Å². The lowest BCUT2D eigenvalue weighted by Gasteiger charge is -2.22. The summed E-state index contributed by atoms with van der Waals surface area (Å²) in [6.07, 6.45) is 8.38. The van der Waals surface area contributed by atoms with Gasteiger partial charge >= 0.3 is 18.0 Å². The number of hydrogen-bond donors (Lipinski definition) is 4. The summed E-state index contributed by atoms with van der Waals surface area (Å²) in [5.74, 6) is -1.59. The molecule has 4 aromatic rings. The van der Waals surface area contributed by atoms with Gasteiger partial charge in [0.2, 0.25) is 0 Å². The normalized spacial score (nSPS) is 11.0. The third-order valence-electron chi connectivity index (χ3n) is 6.68. The number of furan rings is 1. The average molecular weight is 575 g/mol. The molecule has 2 aromatic heterocycles. The van der Waals surface area contributed by atoms with Crippen LogP contribution in [0.3, 0.4) is 0 Å². The maximum Gasteiger partial charge on any atom is 0.328 e. The van der Waals surface area contributed by atoms with Crippen LogP contribution in [0.5, 0.6) is 0 Å². The van der Waals surface area contributed by atoms with Gasteiger partial charge < -0.3 is 25.3 Å². The number of carbonyl (C=O) groups excluding carboxylic acids is 1. The zero-order valence-corrected chi connectivity index (χ0v) is 24.0. The van der Waals surface area contributed by atoms with Gasteiger partial charge in [0.05, 0.1) is 6.54 Å². The summed E-state index contributed by atoms with van der Waals surface area (Å²) in [5, 5.41) is 16.7. The van der Waals surface area contributed by atoms with E-state index in [4.69, 9.17) is 20.4 Å². The first-order valence-electron chi connectivity index (χ1n) is 13.8. The van der Waals surface area contributed by atoms with Crippen LogP contribution in [0.1, 0.15) is 42.2 Å². The van der Waals surface area contributed by atoms with Gasteiger partial charge in [0, 0.05) is 54.3 Å². The van der Waals surface area contributed by atoms with Crippen LogP contribution >= 0.6 is 0 Å². The fraction of sp³-hybridized carbons (Fsp3) is 0.281. The molecule has 4 rings (SSSR count). The number of nitrogens with zero attached hydrogens (tertiary/aromatic N) is 2. The van der Waals surface area contributed by atoms with Crippen LogP contribution in [0.15, 0.2) is 83.6 Å². The number of rotatable bonds is 13. The summed E-state index contributed by atoms with van der Waals surface area (Å²) in [7, 11) is 0. The summed E-state index contributed by atoms with van der Waals surface area (Å²) >= 11 is 0. The first-order valence-corrected chi connectivity index (χ1v) is 13.8. The van der Waals surface area contributed by atoms with Crippen molar-refractivity contribution in [1.29, 1.82) is 0 Å². The standard InChI is InChI=1S/C28H34N4O2.C4H4O4/c1-3-4-15-31(19-23-12-14-30-18-23)16-13-25-21(2)34-27-11-10-24(17-26(25)27)32(28(29)33)20-22-8-6-5-7-9-22;5-3(6)1-2-4(7)8/h5-12,14,17-18,30H,3-4,13,15-16,19-20H2,1-2H3,(H2,29,33);1-2H,(H,5,6)(H,7,8)/b;2-1-. The summed E-state index contributed by atoms with van der Waals surface area (Å²) in [6.45, 7) is 7.60. The molecule has 0 spiro atoms. The van der Waals surface area contributed by atoms with E-state index in [0.717, 1.165) is 54.0 Å². The van der Waals surface area contributed by atoms with Crippen molar-refractivity contribution in [3.8, 4) is 0 Å². The van der Waals surface area contributed by atoms with Gasteiger partial charge in [0.25, 0.3) is 0 Å². The molecule has 2 amide bonds. The minimum absolute atomic E-state index is 0.426. The molecule has 0 aliphatic rings. The molecule has 2 aromatic carbocycles. The van der Waals surface area contributed by atoms with E-state index in [2.05, 4.69) is 29.1 Å². The minimum atomic E-state index is -1.26. The van der Waals surface area contributed by atoms with Gasteiger partial charge in [-0.15, -0.1) is 0 Å². The SMILES string of the molecule is CCCCN(CCc1c(C)oc2ccc(N(Cc3ccccc3)C(N)=O)cc12)Cc1cc[nH]c1.O=C(O)/C=C\C(=O)O. The van der Waals surface area contributed by atoms with Crippen LogP contribution < -0.4 is 10.6 Å². The smallest absolute Gasteiger partial charge is 0.328 e. The number of primary amides is 1. The number of amides is 2. The van der Waals surface area contributed by atoms with E-state index in [1.54, 1.807) is 4.90 Å². The minimum Gasteiger partial charge on any atom is -0.478 e. The summed E-state index contributed by atoms with van der Waals surface area (Å²) in [6, 6.07) is 17.4. The first-order chi connectivity index (χ1) is 20.2. The number of aryl methyl sites for hydroxylation is 1. The molecule has 0 saturated heterocycles. The van der Waals surface area contributed by atoms with Gasteiger partial charge in [-0.1, -0.05) is 43.7 Å². The second kappa shape index (κ2) is 15.8. The average Bonchev–Trinajstić information content (AvgIpc) is 3.59.